The van der Waals surface area contributed by atoms with Crippen molar-refractivity contribution in [3.8, 4) is 0 Å². The van der Waals surface area contributed by atoms with Gasteiger partial charge >= 0.3 is 0 Å². The number of fused-ring (bicyclic) bond motifs is 1. The third kappa shape index (κ3) is 2.84. The fourth-order valence-corrected chi connectivity index (χ4v) is 2.56. The Morgan fingerprint density at radius 2 is 2.17 bits per heavy atom. The van der Waals surface area contributed by atoms with E-state index < -0.39 is 31.1 Å². The van der Waals surface area contributed by atoms with Crippen molar-refractivity contribution in [1.82, 2.24) is 19.5 Å². The molecule has 3 heterocycles. The second-order valence-corrected chi connectivity index (χ2v) is 5.27. The summed E-state index contributed by atoms with van der Waals surface area (Å²) in [5.41, 5.74) is 3.27. The number of nitrogens with zero attached hydrogens (tertiary/aromatic N) is 4. The second-order valence-electron chi connectivity index (χ2n) is 4.93. The number of aliphatic hydroxyl groups is 3. The van der Waals surface area contributed by atoms with Crippen LogP contribution in [0.25, 0.3) is 11.2 Å². The predicted molar refractivity (Wildman–Crippen MR) is 78.6 cm³/mol. The van der Waals surface area contributed by atoms with Crippen LogP contribution in [0.2, 0.25) is 5.28 Å². The smallest absolute Gasteiger partial charge is 0.226 e. The number of aromatic nitrogens is 4. The van der Waals surface area contributed by atoms with Crippen LogP contribution in [0, 0.1) is 0 Å². The van der Waals surface area contributed by atoms with E-state index in [1.807, 2.05) is 0 Å². The minimum atomic E-state index is -1.25. The lowest BCUT2D eigenvalue weighted by molar-refractivity contribution is -0.0511. The van der Waals surface area contributed by atoms with Gasteiger partial charge in [-0.15, -0.1) is 0 Å². The predicted octanol–water partition coefficient (Wildman–Crippen LogP) is -0.545. The third-order valence-electron chi connectivity index (χ3n) is 3.50. The minimum Gasteiger partial charge on any atom is -0.394 e. The summed E-state index contributed by atoms with van der Waals surface area (Å²) in [5.74, 6) is 0.271. The van der Waals surface area contributed by atoms with E-state index in [1.165, 1.54) is 10.9 Å². The molecule has 0 amide bonds. The largest absolute Gasteiger partial charge is 0.394 e. The monoisotopic (exact) mass is 345 g/mol. The van der Waals surface area contributed by atoms with Gasteiger partial charge in [0.25, 0.3) is 0 Å². The van der Waals surface area contributed by atoms with Crippen LogP contribution in [-0.2, 0) is 9.57 Å². The van der Waals surface area contributed by atoms with Crippen molar-refractivity contribution in [2.45, 2.75) is 31.5 Å². The maximum absolute atomic E-state index is 10.1. The molecule has 1 aliphatic rings. The summed E-state index contributed by atoms with van der Waals surface area (Å²) in [6.07, 6.45) is -2.95. The maximum Gasteiger partial charge on any atom is 0.226 e. The van der Waals surface area contributed by atoms with Gasteiger partial charge in [-0.3, -0.25) is 9.40 Å². The number of anilines is 1. The Bertz CT molecular complexity index is 698. The topological polar surface area (TPSA) is 135 Å². The van der Waals surface area contributed by atoms with E-state index in [2.05, 4.69) is 20.4 Å². The molecule has 0 aliphatic carbocycles. The van der Waals surface area contributed by atoms with Gasteiger partial charge in [0.1, 0.15) is 18.3 Å². The zero-order valence-corrected chi connectivity index (χ0v) is 12.9. The highest BCUT2D eigenvalue weighted by molar-refractivity contribution is 6.28. The van der Waals surface area contributed by atoms with E-state index in [1.54, 1.807) is 6.92 Å². The van der Waals surface area contributed by atoms with E-state index in [0.29, 0.717) is 17.8 Å². The molecule has 1 fully saturated rings. The summed E-state index contributed by atoms with van der Waals surface area (Å²) < 4.78 is 6.89. The number of nitrogens with one attached hydrogen (secondary N) is 1. The molecule has 0 spiro atoms. The van der Waals surface area contributed by atoms with Crippen LogP contribution in [0.5, 0.6) is 0 Å². The van der Waals surface area contributed by atoms with E-state index in [4.69, 9.17) is 21.2 Å². The van der Waals surface area contributed by atoms with E-state index in [-0.39, 0.29) is 11.1 Å². The molecule has 4 N–H and O–H groups in total. The Balaban J connectivity index is 2.01. The average molecular weight is 346 g/mol. The number of ether oxygens (including phenoxy) is 1. The Labute approximate surface area is 135 Å². The number of halogens is 1. The molecule has 1 saturated heterocycles. The molecule has 0 bridgehead atoms. The first-order valence-electron chi connectivity index (χ1n) is 6.97. The second kappa shape index (κ2) is 6.51. The molecular weight excluding hydrogens is 330 g/mol. The standard InChI is InChI=1S/C12H16ClN5O5/c1-2-22-17-9-6-10(16-12(13)15-9)18(4-14-6)11-8(21)7(20)5(3-19)23-11/h4-5,7-8,11,19-21H,2-3H2,1H3,(H,15,16,17)/t5-,7?,8?,11-/m1/s1. The van der Waals surface area contributed by atoms with Crippen molar-refractivity contribution < 1.29 is 24.9 Å². The van der Waals surface area contributed by atoms with Gasteiger partial charge in [0.15, 0.2) is 23.2 Å². The van der Waals surface area contributed by atoms with E-state index in [9.17, 15) is 15.3 Å². The van der Waals surface area contributed by atoms with Crippen LogP contribution in [0.1, 0.15) is 13.2 Å². The summed E-state index contributed by atoms with van der Waals surface area (Å²) in [5, 5.41) is 29.1. The van der Waals surface area contributed by atoms with Crippen molar-refractivity contribution >= 4 is 28.6 Å². The summed E-state index contributed by atoms with van der Waals surface area (Å²) >= 11 is 5.91. The first kappa shape index (κ1) is 16.3. The zero-order chi connectivity index (χ0) is 16.6. The Morgan fingerprint density at radius 3 is 2.83 bits per heavy atom. The summed E-state index contributed by atoms with van der Waals surface area (Å²) in [4.78, 5) is 17.3. The Hall–Kier alpha value is -1.56. The quantitative estimate of drug-likeness (QED) is 0.416. The van der Waals surface area contributed by atoms with Gasteiger partial charge in [-0.1, -0.05) is 0 Å². The molecule has 3 rings (SSSR count). The van der Waals surface area contributed by atoms with Crippen LogP contribution in [0.4, 0.5) is 5.82 Å². The molecule has 0 radical (unpaired) electrons. The van der Waals surface area contributed by atoms with Crippen molar-refractivity contribution in [3.63, 3.8) is 0 Å². The number of imidazole rings is 1. The van der Waals surface area contributed by atoms with Gasteiger partial charge in [-0.05, 0) is 18.5 Å². The zero-order valence-electron chi connectivity index (χ0n) is 12.1. The van der Waals surface area contributed by atoms with Gasteiger partial charge in [0.2, 0.25) is 5.28 Å². The summed E-state index contributed by atoms with van der Waals surface area (Å²) in [6.45, 7) is 1.78. The number of rotatable bonds is 5. The van der Waals surface area contributed by atoms with Crippen LogP contribution in [-0.4, -0.2) is 66.4 Å². The molecule has 2 aromatic rings. The van der Waals surface area contributed by atoms with Crippen LogP contribution in [0.3, 0.4) is 0 Å². The first-order valence-corrected chi connectivity index (χ1v) is 7.35. The first-order chi connectivity index (χ1) is 11.1. The molecule has 10 nitrogen and oxygen atoms in total. The molecule has 11 heteroatoms. The molecule has 4 atom stereocenters. The highest BCUT2D eigenvalue weighted by Crippen LogP contribution is 2.32. The SMILES string of the molecule is CCONc1nc(Cl)nc2c1ncn2[C@@H]1O[C@H](CO)C(O)C1O. The van der Waals surface area contributed by atoms with Gasteiger partial charge < -0.3 is 20.1 Å². The molecule has 126 valence electrons. The average Bonchev–Trinajstić information content (AvgIpc) is 3.07. The fraction of sp³-hybridized carbons (Fsp3) is 0.583. The Morgan fingerprint density at radius 1 is 1.39 bits per heavy atom. The summed E-state index contributed by atoms with van der Waals surface area (Å²) in [7, 11) is 0. The molecule has 2 unspecified atom stereocenters. The number of hydrogen-bond acceptors (Lipinski definition) is 9. The molecule has 23 heavy (non-hydrogen) atoms. The van der Waals surface area contributed by atoms with Gasteiger partial charge in [-0.25, -0.2) is 10.5 Å². The number of hydrogen-bond donors (Lipinski definition) is 4. The van der Waals surface area contributed by atoms with Crippen molar-refractivity contribution in [2.75, 3.05) is 18.7 Å². The van der Waals surface area contributed by atoms with Crippen molar-refractivity contribution in [3.05, 3.63) is 11.6 Å². The lowest BCUT2D eigenvalue weighted by Gasteiger charge is -2.16. The van der Waals surface area contributed by atoms with E-state index in [0.717, 1.165) is 0 Å². The molecule has 1 aliphatic heterocycles. The highest BCUT2D eigenvalue weighted by Gasteiger charge is 2.44. The fourth-order valence-electron chi connectivity index (χ4n) is 2.40. The van der Waals surface area contributed by atoms with Crippen LogP contribution >= 0.6 is 11.6 Å². The lowest BCUT2D eigenvalue weighted by atomic mass is 10.1. The van der Waals surface area contributed by atoms with Crippen molar-refractivity contribution in [1.29, 1.82) is 0 Å². The third-order valence-corrected chi connectivity index (χ3v) is 3.67. The van der Waals surface area contributed by atoms with Gasteiger partial charge in [0.05, 0.1) is 19.5 Å². The minimum absolute atomic E-state index is 0.0480. The van der Waals surface area contributed by atoms with Gasteiger partial charge in [0, 0.05) is 0 Å². The summed E-state index contributed by atoms with van der Waals surface area (Å²) in [6, 6.07) is 0. The maximum atomic E-state index is 10.1. The van der Waals surface area contributed by atoms with Crippen LogP contribution < -0.4 is 5.48 Å². The molecule has 0 aromatic carbocycles. The van der Waals surface area contributed by atoms with E-state index >= 15 is 0 Å². The van der Waals surface area contributed by atoms with Crippen LogP contribution in [0.15, 0.2) is 6.33 Å². The molecule has 2 aromatic heterocycles. The molecule has 0 saturated carbocycles. The Kier molecular flexibility index (Phi) is 4.62. The van der Waals surface area contributed by atoms with Crippen molar-refractivity contribution in [2.24, 2.45) is 0 Å². The normalized spacial score (nSPS) is 27.7. The van der Waals surface area contributed by atoms with Gasteiger partial charge in [-0.2, -0.15) is 9.97 Å². The number of aliphatic hydroxyl groups excluding tert-OH is 3. The highest BCUT2D eigenvalue weighted by atomic mass is 35.5. The molecular formula is C12H16ClN5O5. The lowest BCUT2D eigenvalue weighted by Crippen LogP contribution is -2.33.